The van der Waals surface area contributed by atoms with Gasteiger partial charge in [-0.25, -0.2) is 23.7 Å². The van der Waals surface area contributed by atoms with E-state index in [0.29, 0.717) is 44.1 Å². The maximum atomic E-state index is 11.9. The number of nitrogens with zero attached hydrogens (tertiary/aromatic N) is 4. The SMILES string of the molecule is CC[C@H]1O[C@@H](n2cc(C)c(=O)[nH]c2=O)CC1OP(O)(=S)OC.CC[C@H]1O[C@@H](n2ccc(=O)[nH]c2=O)CC1OC.CC[C@H]1O[C@@H](n2ccc(=O)[nH]c2=O)CC1OP(=O)(O)OC.CC[C@H]1O[C@@H](n2ccc(=O)[nH]c2=O)CC1OP(O)(=S)OC. The van der Waals surface area contributed by atoms with E-state index in [1.54, 1.807) is 14.0 Å². The first-order chi connectivity index (χ1) is 38.1. The van der Waals surface area contributed by atoms with E-state index < -0.39 is 109 Å². The number of H-pyrrole nitrogens is 4. The van der Waals surface area contributed by atoms with E-state index in [2.05, 4.69) is 24.5 Å². The molecular weight excluding hydrogens is 1180 g/mol. The minimum Gasteiger partial charge on any atom is -0.379 e. The van der Waals surface area contributed by atoms with Gasteiger partial charge in [-0.15, -0.1) is 0 Å². The highest BCUT2D eigenvalue weighted by atomic mass is 32.5. The van der Waals surface area contributed by atoms with Crippen molar-refractivity contribution in [2.24, 2.45) is 0 Å². The van der Waals surface area contributed by atoms with E-state index in [-0.39, 0.29) is 37.1 Å². The van der Waals surface area contributed by atoms with Crippen LogP contribution in [0.5, 0.6) is 0 Å². The number of nitrogens with one attached hydrogen (secondary N) is 4. The monoisotopic (exact) mass is 1250 g/mol. The fourth-order valence-corrected chi connectivity index (χ4v) is 11.5. The molecule has 7 unspecified atom stereocenters. The topological polar surface area (TPSA) is 399 Å². The molecule has 81 heavy (non-hydrogen) atoms. The third kappa shape index (κ3) is 18.6. The fraction of sp³-hybridized carbons (Fsp3) is 0.644. The lowest BCUT2D eigenvalue weighted by atomic mass is 10.1. The number of aromatic nitrogens is 8. The molecule has 31 nitrogen and oxygen atoms in total. The summed E-state index contributed by atoms with van der Waals surface area (Å²) in [5.41, 5.74) is -3.57. The minimum absolute atomic E-state index is 0.0103. The summed E-state index contributed by atoms with van der Waals surface area (Å²) in [6.45, 7) is 2.62. The van der Waals surface area contributed by atoms with E-state index in [4.69, 9.17) is 69.9 Å². The Morgan fingerprint density at radius 2 is 0.815 bits per heavy atom. The molecule has 7 N–H and O–H groups in total. The van der Waals surface area contributed by atoms with Crippen LogP contribution >= 0.6 is 21.3 Å². The summed E-state index contributed by atoms with van der Waals surface area (Å²) in [6, 6.07) is 3.75. The van der Waals surface area contributed by atoms with Crippen LogP contribution < -0.4 is 45.0 Å². The van der Waals surface area contributed by atoms with Crippen molar-refractivity contribution < 1.29 is 70.1 Å². The summed E-state index contributed by atoms with van der Waals surface area (Å²) >= 11 is 9.68. The molecule has 15 atom stereocenters. The van der Waals surface area contributed by atoms with Gasteiger partial charge in [-0.1, -0.05) is 27.7 Å². The standard InChI is InChI=1S/C12H19N2O6PS.C11H17N2O7P.C11H17N2O6PS.C11H16N2O4/c1-4-8-9(20-21(17,22)18-3)5-10(19-8)14-6-7(2)11(15)13-12(14)16;1-3-7-8(20-21(16,17)18-2)6-10(19-7)13-5-4-9(14)12-11(13)15;1-3-7-8(19-20(16,21)17-2)6-10(18-7)13-5-4-9(14)12-11(13)15;1-3-7-8(16-2)6-10(17-7)13-5-4-9(14)12-11(13)15/h6,8-10H,4-5H2,1-3H3,(H,17,22)(H,13,15,16);4-5,7-8,10H,3,6H2,1-2H3,(H,16,17)(H,12,14,15);4-5,7-8,10H,3,6H2,1-2H3,(H,16,21)(H,12,14,15);4-5,7-8,10H,3,6H2,1-2H3,(H,12,14,15)/t8-,9?,10-,21?;7-,8?,10-;7-,8?,10-,20?;7-,8?,10-/m1111/s1. The Hall–Kier alpha value is -4.31. The molecule has 0 aliphatic carbocycles. The van der Waals surface area contributed by atoms with E-state index in [1.807, 2.05) is 27.7 Å². The quantitative estimate of drug-likeness (QED) is 0.0699. The summed E-state index contributed by atoms with van der Waals surface area (Å²) in [5.74, 6) is 0. The summed E-state index contributed by atoms with van der Waals surface area (Å²) < 4.78 is 74.8. The molecule has 0 spiro atoms. The second-order valence-corrected chi connectivity index (χ2v) is 25.6. The van der Waals surface area contributed by atoms with Crippen molar-refractivity contribution in [3.05, 3.63) is 132 Å². The van der Waals surface area contributed by atoms with Gasteiger partial charge in [0.05, 0.1) is 48.8 Å². The predicted molar refractivity (Wildman–Crippen MR) is 295 cm³/mol. The Morgan fingerprint density at radius 1 is 0.506 bits per heavy atom. The van der Waals surface area contributed by atoms with Gasteiger partial charge in [-0.2, -0.15) is 0 Å². The van der Waals surface area contributed by atoms with Gasteiger partial charge in [0.2, 0.25) is 0 Å². The molecular formula is C45H69N8O23P3S2. The second kappa shape index (κ2) is 30.0. The minimum atomic E-state index is -4.14. The zero-order valence-corrected chi connectivity index (χ0v) is 49.9. The number of phosphoric acid groups is 1. The van der Waals surface area contributed by atoms with Crippen LogP contribution in [0.1, 0.15) is 110 Å². The maximum absolute atomic E-state index is 11.9. The summed E-state index contributed by atoms with van der Waals surface area (Å²) in [4.78, 5) is 129. The van der Waals surface area contributed by atoms with Crippen molar-refractivity contribution >= 4 is 44.9 Å². The van der Waals surface area contributed by atoms with Gasteiger partial charge >= 0.3 is 44.0 Å². The van der Waals surface area contributed by atoms with Crippen molar-refractivity contribution in [3.8, 4) is 0 Å². The molecule has 4 aromatic rings. The van der Waals surface area contributed by atoms with Crippen LogP contribution in [0.25, 0.3) is 0 Å². The summed E-state index contributed by atoms with van der Waals surface area (Å²) in [7, 11) is 1.13. The number of phosphoric ester groups is 1. The molecule has 0 aromatic carbocycles. The number of ether oxygens (including phenoxy) is 5. The zero-order valence-electron chi connectivity index (χ0n) is 45.6. The second-order valence-electron chi connectivity index (χ2n) is 18.3. The predicted octanol–water partition coefficient (Wildman–Crippen LogP) is 1.89. The highest BCUT2D eigenvalue weighted by molar-refractivity contribution is 8.07. The number of methoxy groups -OCH3 is 1. The Labute approximate surface area is 471 Å². The normalized spacial score (nSPS) is 28.2. The van der Waals surface area contributed by atoms with Crippen LogP contribution in [0.3, 0.4) is 0 Å². The fourth-order valence-electron chi connectivity index (χ4n) is 8.92. The van der Waals surface area contributed by atoms with Gasteiger partial charge < -0.3 is 56.5 Å². The molecule has 8 heterocycles. The van der Waals surface area contributed by atoms with Crippen molar-refractivity contribution in [3.63, 3.8) is 0 Å². The van der Waals surface area contributed by atoms with Gasteiger partial charge in [-0.3, -0.25) is 66.4 Å². The van der Waals surface area contributed by atoms with Gasteiger partial charge in [0.1, 0.15) is 24.9 Å². The lowest BCUT2D eigenvalue weighted by Crippen LogP contribution is -2.33. The van der Waals surface area contributed by atoms with Crippen LogP contribution in [0, 0.1) is 6.92 Å². The van der Waals surface area contributed by atoms with E-state index in [9.17, 15) is 57.6 Å². The average molecular weight is 1250 g/mol. The van der Waals surface area contributed by atoms with Crippen LogP contribution in [0.15, 0.2) is 81.3 Å². The van der Waals surface area contributed by atoms with E-state index >= 15 is 0 Å². The first kappa shape index (κ1) is 67.5. The van der Waals surface area contributed by atoms with Crippen molar-refractivity contribution in [1.82, 2.24) is 38.2 Å². The van der Waals surface area contributed by atoms with Gasteiger partial charge in [0, 0.05) is 103 Å². The number of aromatic amines is 4. The third-order valence-electron chi connectivity index (χ3n) is 13.1. The third-order valence-corrected chi connectivity index (χ3v) is 17.5. The number of hydrogen-bond acceptors (Lipinski definition) is 22. The zero-order chi connectivity index (χ0) is 60.1. The molecule has 4 fully saturated rings. The Morgan fingerprint density at radius 3 is 1.11 bits per heavy atom. The largest absolute Gasteiger partial charge is 0.472 e. The van der Waals surface area contributed by atoms with Gasteiger partial charge in [0.15, 0.2) is 0 Å². The molecule has 8 rings (SSSR count). The molecule has 4 aromatic heterocycles. The Balaban J connectivity index is 0.000000199. The molecule has 4 aliphatic rings. The number of rotatable bonds is 18. The lowest BCUT2D eigenvalue weighted by Gasteiger charge is -2.21. The maximum Gasteiger partial charge on any atom is 0.472 e. The highest BCUT2D eigenvalue weighted by Crippen LogP contribution is 2.50. The molecule has 454 valence electrons. The van der Waals surface area contributed by atoms with Crippen molar-refractivity contribution in [1.29, 1.82) is 0 Å². The number of aryl methyl sites for hydroxylation is 1. The van der Waals surface area contributed by atoms with Gasteiger partial charge in [-0.05, 0) is 56.2 Å². The molecule has 4 aliphatic heterocycles. The van der Waals surface area contributed by atoms with Crippen LogP contribution in [-0.2, 0) is 79.0 Å². The Bertz CT molecular complexity index is 3260. The summed E-state index contributed by atoms with van der Waals surface area (Å²) in [5, 5.41) is 0. The van der Waals surface area contributed by atoms with E-state index in [1.165, 1.54) is 75.5 Å². The molecule has 0 amide bonds. The van der Waals surface area contributed by atoms with Crippen LogP contribution in [0.2, 0.25) is 0 Å². The van der Waals surface area contributed by atoms with E-state index in [0.717, 1.165) is 13.5 Å². The smallest absolute Gasteiger partial charge is 0.379 e. The summed E-state index contributed by atoms with van der Waals surface area (Å²) in [6.07, 6.45) is 4.66. The lowest BCUT2D eigenvalue weighted by molar-refractivity contribution is -0.0301. The Kier molecular flexibility index (Phi) is 25.0. The molecule has 0 radical (unpaired) electrons. The van der Waals surface area contributed by atoms with Crippen molar-refractivity contribution in [2.45, 2.75) is 160 Å². The first-order valence-corrected chi connectivity index (χ1v) is 31.9. The average Bonchev–Trinajstić information content (AvgIpc) is 4.28. The van der Waals surface area contributed by atoms with Crippen LogP contribution in [0.4, 0.5) is 0 Å². The molecule has 36 heteroatoms. The highest BCUT2D eigenvalue weighted by Gasteiger charge is 2.43. The molecule has 0 bridgehead atoms. The molecule has 0 saturated carbocycles. The first-order valence-electron chi connectivity index (χ1n) is 25.3. The van der Waals surface area contributed by atoms with Crippen LogP contribution in [-0.4, -0.2) is 130 Å². The number of hydrogen-bond donors (Lipinski definition) is 7. The van der Waals surface area contributed by atoms with Gasteiger partial charge in [0.25, 0.3) is 22.2 Å². The molecule has 4 saturated heterocycles. The van der Waals surface area contributed by atoms with Crippen molar-refractivity contribution in [2.75, 3.05) is 28.4 Å².